The summed E-state index contributed by atoms with van der Waals surface area (Å²) in [6.45, 7) is 0.419. The zero-order chi connectivity index (χ0) is 15.4. The van der Waals surface area contributed by atoms with Gasteiger partial charge in [0.15, 0.2) is 5.69 Å². The van der Waals surface area contributed by atoms with Gasteiger partial charge in [0, 0.05) is 17.2 Å². The fraction of sp³-hybridized carbons (Fsp3) is 0.143. The molecule has 2 rings (SSSR count). The highest BCUT2D eigenvalue weighted by molar-refractivity contribution is 9.10. The molecule has 0 unspecified atom stereocenters. The number of rotatable bonds is 5. The molecule has 0 aliphatic carbocycles. The maximum absolute atomic E-state index is 11.1. The second kappa shape index (κ2) is 6.78. The number of benzene rings is 1. The number of ether oxygens (including phenoxy) is 1. The number of halogens is 2. The van der Waals surface area contributed by atoms with Crippen molar-refractivity contribution in [2.24, 2.45) is 0 Å². The number of carboxylic acid groups (broad SMARTS) is 1. The molecule has 0 radical (unpaired) electrons. The molecule has 0 aliphatic rings. The van der Waals surface area contributed by atoms with E-state index in [-0.39, 0.29) is 5.69 Å². The Morgan fingerprint density at radius 3 is 2.86 bits per heavy atom. The van der Waals surface area contributed by atoms with Crippen molar-refractivity contribution in [3.05, 3.63) is 51.2 Å². The largest absolute Gasteiger partial charge is 0.495 e. The van der Waals surface area contributed by atoms with Gasteiger partial charge in [0.25, 0.3) is 0 Å². The van der Waals surface area contributed by atoms with E-state index in [4.69, 9.17) is 21.4 Å². The van der Waals surface area contributed by atoms with Crippen LogP contribution in [0.2, 0.25) is 5.02 Å². The van der Waals surface area contributed by atoms with Gasteiger partial charge in [-0.05, 0) is 39.7 Å². The molecule has 1 aromatic carbocycles. The Bertz CT molecular complexity index is 679. The van der Waals surface area contributed by atoms with Gasteiger partial charge < -0.3 is 15.2 Å². The van der Waals surface area contributed by atoms with E-state index < -0.39 is 5.97 Å². The van der Waals surface area contributed by atoms with Gasteiger partial charge in [0.1, 0.15) is 5.75 Å². The first-order valence-corrected chi connectivity index (χ1v) is 7.13. The molecule has 0 fully saturated rings. The van der Waals surface area contributed by atoms with Crippen LogP contribution in [0.5, 0.6) is 5.75 Å². The van der Waals surface area contributed by atoms with Gasteiger partial charge in [-0.15, -0.1) is 0 Å². The first-order valence-electron chi connectivity index (χ1n) is 5.96. The molecular weight excluding hydrogens is 360 g/mol. The van der Waals surface area contributed by atoms with Gasteiger partial charge in [0.2, 0.25) is 0 Å². The summed E-state index contributed by atoms with van der Waals surface area (Å²) in [4.78, 5) is 15.0. The number of carbonyl (C=O) groups is 1. The maximum atomic E-state index is 11.1. The van der Waals surface area contributed by atoms with E-state index in [1.165, 1.54) is 6.20 Å². The summed E-state index contributed by atoms with van der Waals surface area (Å²) in [5, 5.41) is 12.7. The minimum absolute atomic E-state index is 0.0298. The predicted octanol–water partition coefficient (Wildman–Crippen LogP) is 3.82. The first-order chi connectivity index (χ1) is 10.0. The Hall–Kier alpha value is -1.79. The molecule has 1 aromatic heterocycles. The molecule has 5 nitrogen and oxygen atoms in total. The molecule has 0 aliphatic heterocycles. The molecule has 1 heterocycles. The van der Waals surface area contributed by atoms with Crippen LogP contribution >= 0.6 is 27.5 Å². The number of pyridine rings is 1. The normalized spacial score (nSPS) is 10.2. The van der Waals surface area contributed by atoms with Crippen molar-refractivity contribution in [2.45, 2.75) is 6.54 Å². The SMILES string of the molecule is COc1ccc(CNc2cc(Br)cnc2C(=O)O)cc1Cl. The van der Waals surface area contributed by atoms with E-state index in [0.29, 0.717) is 27.5 Å². The third-order valence-corrected chi connectivity index (χ3v) is 3.49. The second-order valence-corrected chi connectivity index (χ2v) is 5.50. The second-order valence-electron chi connectivity index (χ2n) is 4.18. The van der Waals surface area contributed by atoms with Crippen LogP contribution in [0.3, 0.4) is 0 Å². The zero-order valence-electron chi connectivity index (χ0n) is 11.1. The van der Waals surface area contributed by atoms with Crippen LogP contribution in [0.15, 0.2) is 34.9 Å². The van der Waals surface area contributed by atoms with E-state index in [9.17, 15) is 4.79 Å². The third-order valence-electron chi connectivity index (χ3n) is 2.76. The van der Waals surface area contributed by atoms with Gasteiger partial charge in [-0.1, -0.05) is 17.7 Å². The van der Waals surface area contributed by atoms with Gasteiger partial charge >= 0.3 is 5.97 Å². The van der Waals surface area contributed by atoms with Gasteiger partial charge in [-0.3, -0.25) is 0 Å². The van der Waals surface area contributed by atoms with Crippen LogP contribution in [0.25, 0.3) is 0 Å². The number of nitrogens with one attached hydrogen (secondary N) is 1. The Kier molecular flexibility index (Phi) is 5.03. The van der Waals surface area contributed by atoms with Crippen molar-refractivity contribution in [1.82, 2.24) is 4.98 Å². The summed E-state index contributed by atoms with van der Waals surface area (Å²) in [7, 11) is 1.55. The van der Waals surface area contributed by atoms with Crippen LogP contribution in [-0.4, -0.2) is 23.2 Å². The maximum Gasteiger partial charge on any atom is 0.356 e. The van der Waals surface area contributed by atoms with Crippen LogP contribution in [-0.2, 0) is 6.54 Å². The van der Waals surface area contributed by atoms with E-state index in [1.807, 2.05) is 6.07 Å². The average Bonchev–Trinajstić information content (AvgIpc) is 2.45. The number of methoxy groups -OCH3 is 1. The fourth-order valence-electron chi connectivity index (χ4n) is 1.76. The van der Waals surface area contributed by atoms with Gasteiger partial charge in [0.05, 0.1) is 17.8 Å². The number of nitrogens with zero attached hydrogens (tertiary/aromatic N) is 1. The molecule has 21 heavy (non-hydrogen) atoms. The molecule has 0 saturated heterocycles. The minimum atomic E-state index is -1.09. The molecule has 0 amide bonds. The molecule has 2 N–H and O–H groups in total. The monoisotopic (exact) mass is 370 g/mol. The number of aromatic carboxylic acids is 1. The Labute approximate surface area is 135 Å². The molecule has 0 saturated carbocycles. The fourth-order valence-corrected chi connectivity index (χ4v) is 2.37. The molecular formula is C14H12BrClN2O3. The number of carboxylic acids is 1. The topological polar surface area (TPSA) is 71.5 Å². The van der Waals surface area contributed by atoms with Gasteiger partial charge in [-0.25, -0.2) is 9.78 Å². The highest BCUT2D eigenvalue weighted by Gasteiger charge is 2.12. The number of aromatic nitrogens is 1. The molecule has 0 bridgehead atoms. The lowest BCUT2D eigenvalue weighted by Gasteiger charge is -2.10. The van der Waals surface area contributed by atoms with E-state index in [2.05, 4.69) is 26.2 Å². The van der Waals surface area contributed by atoms with Crippen molar-refractivity contribution in [2.75, 3.05) is 12.4 Å². The van der Waals surface area contributed by atoms with Crippen molar-refractivity contribution in [3.8, 4) is 5.75 Å². The molecule has 0 atom stereocenters. The van der Waals surface area contributed by atoms with Crippen LogP contribution in [0.4, 0.5) is 5.69 Å². The van der Waals surface area contributed by atoms with Crippen molar-refractivity contribution >= 4 is 39.2 Å². The van der Waals surface area contributed by atoms with E-state index in [0.717, 1.165) is 5.56 Å². The van der Waals surface area contributed by atoms with Crippen molar-refractivity contribution < 1.29 is 14.6 Å². The molecule has 7 heteroatoms. The van der Waals surface area contributed by atoms with Crippen LogP contribution < -0.4 is 10.1 Å². The third kappa shape index (κ3) is 3.86. The van der Waals surface area contributed by atoms with Crippen LogP contribution in [0, 0.1) is 0 Å². The Balaban J connectivity index is 2.18. The lowest BCUT2D eigenvalue weighted by Crippen LogP contribution is -2.08. The minimum Gasteiger partial charge on any atom is -0.495 e. The lowest BCUT2D eigenvalue weighted by atomic mass is 10.2. The molecule has 0 spiro atoms. The van der Waals surface area contributed by atoms with Crippen molar-refractivity contribution in [3.63, 3.8) is 0 Å². The Morgan fingerprint density at radius 1 is 1.48 bits per heavy atom. The summed E-state index contributed by atoms with van der Waals surface area (Å²) in [6.07, 6.45) is 1.44. The summed E-state index contributed by atoms with van der Waals surface area (Å²) in [5.41, 5.74) is 1.30. The summed E-state index contributed by atoms with van der Waals surface area (Å²) >= 11 is 9.32. The first kappa shape index (κ1) is 15.6. The number of anilines is 1. The summed E-state index contributed by atoms with van der Waals surface area (Å²) in [5.74, 6) is -0.492. The number of hydrogen-bond acceptors (Lipinski definition) is 4. The van der Waals surface area contributed by atoms with E-state index >= 15 is 0 Å². The average molecular weight is 372 g/mol. The molecule has 110 valence electrons. The summed E-state index contributed by atoms with van der Waals surface area (Å²) < 4.78 is 5.78. The number of hydrogen-bond donors (Lipinski definition) is 2. The summed E-state index contributed by atoms with van der Waals surface area (Å²) in [6, 6.07) is 7.04. The predicted molar refractivity (Wildman–Crippen MR) is 84.2 cm³/mol. The smallest absolute Gasteiger partial charge is 0.356 e. The lowest BCUT2D eigenvalue weighted by molar-refractivity contribution is 0.0691. The molecule has 2 aromatic rings. The quantitative estimate of drug-likeness (QED) is 0.836. The van der Waals surface area contributed by atoms with Gasteiger partial charge in [-0.2, -0.15) is 0 Å². The van der Waals surface area contributed by atoms with E-state index in [1.54, 1.807) is 25.3 Å². The highest BCUT2D eigenvalue weighted by Crippen LogP contribution is 2.26. The van der Waals surface area contributed by atoms with Crippen molar-refractivity contribution in [1.29, 1.82) is 0 Å². The highest BCUT2D eigenvalue weighted by atomic mass is 79.9. The standard InChI is InChI=1S/C14H12BrClN2O3/c1-21-12-3-2-8(4-10(12)16)6-17-11-5-9(15)7-18-13(11)14(19)20/h2-5,7,17H,6H2,1H3,(H,19,20). The zero-order valence-corrected chi connectivity index (χ0v) is 13.4. The van der Waals surface area contributed by atoms with Crippen LogP contribution in [0.1, 0.15) is 16.1 Å². The Morgan fingerprint density at radius 2 is 2.24 bits per heavy atom.